The molecule has 3 rings (SSSR count). The number of hydrogen-bond acceptors (Lipinski definition) is 4. The third-order valence-corrected chi connectivity index (χ3v) is 5.88. The molecule has 2 heterocycles. The molecule has 0 saturated carbocycles. The molecule has 0 aliphatic carbocycles. The zero-order valence-electron chi connectivity index (χ0n) is 11.0. The molecule has 1 aromatic carbocycles. The maximum atomic E-state index is 12.6. The fraction of sp³-hybridized carbons (Fsp3) is 0.462. The Kier molecular flexibility index (Phi) is 3.28. The first kappa shape index (κ1) is 13.2. The zero-order chi connectivity index (χ0) is 14.2. The van der Waals surface area contributed by atoms with Crippen molar-refractivity contribution in [1.82, 2.24) is 9.21 Å². The average molecular weight is 292 g/mol. The number of nitriles is 1. The van der Waals surface area contributed by atoms with Gasteiger partial charge in [-0.3, -0.25) is 4.31 Å². The molecule has 0 aromatic heterocycles. The summed E-state index contributed by atoms with van der Waals surface area (Å²) in [6.45, 7) is 2.09. The smallest absolute Gasteiger partial charge is 0.304 e. The summed E-state index contributed by atoms with van der Waals surface area (Å²) in [5, 5.41) is 8.88. The van der Waals surface area contributed by atoms with Gasteiger partial charge in [-0.2, -0.15) is 18.0 Å². The van der Waals surface area contributed by atoms with Crippen LogP contribution >= 0.6 is 0 Å². The van der Waals surface area contributed by atoms with Crippen molar-refractivity contribution < 1.29 is 8.42 Å². The molecule has 0 spiro atoms. The fourth-order valence-corrected chi connectivity index (χ4v) is 4.66. The molecule has 0 bridgehead atoms. The SMILES string of the molecule is N#CN1CCC(N2CCN(c3ccccc3)S2(=O)=O)C1. The molecule has 1 atom stereocenters. The van der Waals surface area contributed by atoms with Gasteiger partial charge in [0.15, 0.2) is 6.19 Å². The molecular formula is C13H16N4O2S. The van der Waals surface area contributed by atoms with Gasteiger partial charge in [0, 0.05) is 32.2 Å². The number of likely N-dealkylation sites (tertiary alicyclic amines) is 1. The summed E-state index contributed by atoms with van der Waals surface area (Å²) < 4.78 is 28.2. The predicted octanol–water partition coefficient (Wildman–Crippen LogP) is 0.609. The summed E-state index contributed by atoms with van der Waals surface area (Å²) in [6.07, 6.45) is 2.80. The number of nitrogens with zero attached hydrogens (tertiary/aromatic N) is 4. The second kappa shape index (κ2) is 4.96. The Morgan fingerprint density at radius 1 is 1.15 bits per heavy atom. The van der Waals surface area contributed by atoms with Gasteiger partial charge in [0.05, 0.1) is 5.69 Å². The summed E-state index contributed by atoms with van der Waals surface area (Å²) >= 11 is 0. The van der Waals surface area contributed by atoms with Crippen molar-refractivity contribution in [3.8, 4) is 6.19 Å². The number of para-hydroxylation sites is 1. The van der Waals surface area contributed by atoms with Crippen LogP contribution in [-0.4, -0.2) is 49.8 Å². The molecule has 7 heteroatoms. The number of anilines is 1. The Balaban J connectivity index is 1.82. The third kappa shape index (κ3) is 2.11. The summed E-state index contributed by atoms with van der Waals surface area (Å²) in [6, 6.07) is 9.05. The highest BCUT2D eigenvalue weighted by Gasteiger charge is 2.42. The monoisotopic (exact) mass is 292 g/mol. The van der Waals surface area contributed by atoms with E-state index in [0.29, 0.717) is 31.9 Å². The first-order valence-electron chi connectivity index (χ1n) is 6.62. The first-order valence-corrected chi connectivity index (χ1v) is 8.02. The molecule has 6 nitrogen and oxygen atoms in total. The van der Waals surface area contributed by atoms with E-state index in [1.165, 1.54) is 8.61 Å². The quantitative estimate of drug-likeness (QED) is 0.749. The van der Waals surface area contributed by atoms with Gasteiger partial charge in [-0.15, -0.1) is 0 Å². The Morgan fingerprint density at radius 2 is 1.90 bits per heavy atom. The highest BCUT2D eigenvalue weighted by atomic mass is 32.2. The molecule has 2 aliphatic heterocycles. The van der Waals surface area contributed by atoms with Crippen molar-refractivity contribution in [2.24, 2.45) is 0 Å². The minimum absolute atomic E-state index is 0.0895. The number of hydrogen-bond donors (Lipinski definition) is 0. The summed E-state index contributed by atoms with van der Waals surface area (Å²) in [7, 11) is -3.47. The molecule has 1 unspecified atom stereocenters. The van der Waals surface area contributed by atoms with E-state index in [1.807, 2.05) is 18.2 Å². The van der Waals surface area contributed by atoms with Crippen molar-refractivity contribution in [2.45, 2.75) is 12.5 Å². The average Bonchev–Trinajstić information content (AvgIpc) is 3.03. The van der Waals surface area contributed by atoms with Crippen LogP contribution in [-0.2, 0) is 10.2 Å². The van der Waals surface area contributed by atoms with Crippen LogP contribution in [0.2, 0.25) is 0 Å². The van der Waals surface area contributed by atoms with Crippen LogP contribution < -0.4 is 4.31 Å². The normalized spacial score (nSPS) is 25.9. The topological polar surface area (TPSA) is 67.7 Å². The zero-order valence-corrected chi connectivity index (χ0v) is 11.8. The van der Waals surface area contributed by atoms with Crippen LogP contribution in [0.5, 0.6) is 0 Å². The van der Waals surface area contributed by atoms with Crippen LogP contribution in [0.3, 0.4) is 0 Å². The van der Waals surface area contributed by atoms with Gasteiger partial charge in [-0.25, -0.2) is 0 Å². The standard InChI is InChI=1S/C13H16N4O2S/c14-11-15-7-6-13(10-15)17-9-8-16(20(17,18)19)12-4-2-1-3-5-12/h1-5,13H,6-10H2. The molecule has 0 N–H and O–H groups in total. The van der Waals surface area contributed by atoms with Crippen LogP contribution in [0, 0.1) is 11.5 Å². The molecule has 2 aliphatic rings. The maximum absolute atomic E-state index is 12.6. The van der Waals surface area contributed by atoms with Crippen molar-refractivity contribution in [1.29, 1.82) is 5.26 Å². The molecule has 2 saturated heterocycles. The second-order valence-corrected chi connectivity index (χ2v) is 6.82. The van der Waals surface area contributed by atoms with E-state index in [9.17, 15) is 8.42 Å². The summed E-state index contributed by atoms with van der Waals surface area (Å²) in [4.78, 5) is 1.62. The van der Waals surface area contributed by atoms with Gasteiger partial charge >= 0.3 is 10.2 Å². The fourth-order valence-electron chi connectivity index (χ4n) is 2.84. The first-order chi connectivity index (χ1) is 9.63. The van der Waals surface area contributed by atoms with Gasteiger partial charge in [-0.05, 0) is 18.6 Å². The lowest BCUT2D eigenvalue weighted by atomic mass is 10.2. The summed E-state index contributed by atoms with van der Waals surface area (Å²) in [5.74, 6) is 0. The maximum Gasteiger partial charge on any atom is 0.304 e. The molecule has 20 heavy (non-hydrogen) atoms. The Hall–Kier alpha value is -1.78. The largest absolute Gasteiger partial charge is 0.309 e. The van der Waals surface area contributed by atoms with E-state index in [2.05, 4.69) is 6.19 Å². The van der Waals surface area contributed by atoms with Gasteiger partial charge in [-0.1, -0.05) is 18.2 Å². The van der Waals surface area contributed by atoms with Gasteiger partial charge in [0.1, 0.15) is 0 Å². The minimum atomic E-state index is -3.47. The van der Waals surface area contributed by atoms with E-state index < -0.39 is 10.2 Å². The third-order valence-electron chi connectivity index (χ3n) is 3.85. The second-order valence-electron chi connectivity index (χ2n) is 5.01. The van der Waals surface area contributed by atoms with Gasteiger partial charge < -0.3 is 4.90 Å². The van der Waals surface area contributed by atoms with E-state index in [1.54, 1.807) is 17.0 Å². The highest BCUT2D eigenvalue weighted by Crippen LogP contribution is 2.29. The van der Waals surface area contributed by atoms with E-state index in [0.717, 1.165) is 6.42 Å². The van der Waals surface area contributed by atoms with E-state index >= 15 is 0 Å². The van der Waals surface area contributed by atoms with Gasteiger partial charge in [0.25, 0.3) is 0 Å². The molecular weight excluding hydrogens is 276 g/mol. The van der Waals surface area contributed by atoms with Crippen LogP contribution in [0.4, 0.5) is 5.69 Å². The Morgan fingerprint density at radius 3 is 2.55 bits per heavy atom. The van der Waals surface area contributed by atoms with Crippen molar-refractivity contribution in [2.75, 3.05) is 30.5 Å². The molecule has 1 aromatic rings. The molecule has 0 radical (unpaired) electrons. The van der Waals surface area contributed by atoms with Crippen molar-refractivity contribution >= 4 is 15.9 Å². The summed E-state index contributed by atoms with van der Waals surface area (Å²) in [5.41, 5.74) is 0.699. The van der Waals surface area contributed by atoms with Crippen LogP contribution in [0.1, 0.15) is 6.42 Å². The van der Waals surface area contributed by atoms with Crippen LogP contribution in [0.25, 0.3) is 0 Å². The number of benzene rings is 1. The highest BCUT2D eigenvalue weighted by molar-refractivity contribution is 7.90. The molecule has 0 amide bonds. The lowest BCUT2D eigenvalue weighted by Crippen LogP contribution is -2.41. The lowest BCUT2D eigenvalue weighted by molar-refractivity contribution is 0.345. The van der Waals surface area contributed by atoms with Crippen molar-refractivity contribution in [3.05, 3.63) is 30.3 Å². The predicted molar refractivity (Wildman–Crippen MR) is 75.0 cm³/mol. The minimum Gasteiger partial charge on any atom is -0.309 e. The van der Waals surface area contributed by atoms with Crippen molar-refractivity contribution in [3.63, 3.8) is 0 Å². The van der Waals surface area contributed by atoms with Gasteiger partial charge in [0.2, 0.25) is 0 Å². The van der Waals surface area contributed by atoms with E-state index in [-0.39, 0.29) is 6.04 Å². The molecule has 2 fully saturated rings. The molecule has 106 valence electrons. The Bertz CT molecular complexity index is 626. The Labute approximate surface area is 119 Å². The van der Waals surface area contributed by atoms with Crippen LogP contribution in [0.15, 0.2) is 30.3 Å². The lowest BCUT2D eigenvalue weighted by Gasteiger charge is -2.24. The number of rotatable bonds is 2. The van der Waals surface area contributed by atoms with E-state index in [4.69, 9.17) is 5.26 Å².